The van der Waals surface area contributed by atoms with Crippen molar-refractivity contribution in [3.8, 4) is 33.4 Å². The zero-order valence-corrected chi connectivity index (χ0v) is 25.7. The summed E-state index contributed by atoms with van der Waals surface area (Å²) in [5.74, 6) is 0. The first-order valence-electron chi connectivity index (χ1n) is 11.7. The zero-order chi connectivity index (χ0) is 35.2. The smallest absolute Gasteiger partial charge is 0.258 e. The molecule has 4 rings (SSSR count). The first-order valence-corrected chi connectivity index (χ1v) is 13.6. The molecule has 0 spiro atoms. The van der Waals surface area contributed by atoms with Crippen molar-refractivity contribution in [3.05, 3.63) is 128 Å². The normalized spacial score (nSPS) is 10.8. The molecule has 239 valence electrons. The van der Waals surface area contributed by atoms with Crippen LogP contribution in [0.2, 0.25) is 25.1 Å². The van der Waals surface area contributed by atoms with Gasteiger partial charge in [-0.05, 0) is 23.8 Å². The topological polar surface area (TPSA) is 259 Å². The summed E-state index contributed by atoms with van der Waals surface area (Å²) in [6.07, 6.45) is 0. The lowest BCUT2D eigenvalue weighted by Gasteiger charge is -2.15. The van der Waals surface area contributed by atoms with Gasteiger partial charge in [0, 0.05) is 23.3 Å². The van der Waals surface area contributed by atoms with Crippen molar-refractivity contribution in [1.82, 2.24) is 0 Å². The van der Waals surface area contributed by atoms with Crippen LogP contribution in [0.25, 0.3) is 33.4 Å². The van der Waals surface area contributed by atoms with Crippen molar-refractivity contribution in [2.45, 2.75) is 0 Å². The molecule has 23 heteroatoms. The molecule has 0 bridgehead atoms. The predicted octanol–water partition coefficient (Wildman–Crippen LogP) is 9.20. The number of halogens is 5. The van der Waals surface area contributed by atoms with E-state index in [2.05, 4.69) is 6.07 Å². The maximum absolute atomic E-state index is 12.4. The molecule has 0 aromatic heterocycles. The fourth-order valence-corrected chi connectivity index (χ4v) is 5.85. The highest BCUT2D eigenvalue weighted by atomic mass is 35.5. The molecule has 1 radical (unpaired) electrons. The molecular formula is C24H6Cl5N6O12. The van der Waals surface area contributed by atoms with Crippen LogP contribution in [0.5, 0.6) is 0 Å². The lowest BCUT2D eigenvalue weighted by molar-refractivity contribution is -0.395. The average molecular weight is 748 g/mol. The fraction of sp³-hybridized carbons (Fsp3) is 0. The largest absolute Gasteiger partial charge is 0.303 e. The van der Waals surface area contributed by atoms with Gasteiger partial charge in [0.15, 0.2) is 0 Å². The van der Waals surface area contributed by atoms with Gasteiger partial charge in [0.2, 0.25) is 0 Å². The second-order valence-electron chi connectivity index (χ2n) is 8.84. The number of benzene rings is 4. The van der Waals surface area contributed by atoms with Crippen molar-refractivity contribution >= 4 is 92.1 Å². The minimum atomic E-state index is -1.40. The molecule has 0 N–H and O–H groups in total. The van der Waals surface area contributed by atoms with E-state index in [9.17, 15) is 60.7 Å². The standard InChI is InChI=1S/C24H6Cl5N6O12/c25-12-5-10(19(26)16(23(12)34(44)45)8-1-3-9(4-2-8)30(36)37)11-6-13(31(38)39)18(24(20(11)27)35(46)47)17-14(32(40)41)7-15(33(42)43)21(28)22(17)29/h1-5,7H. The van der Waals surface area contributed by atoms with Crippen LogP contribution in [-0.4, -0.2) is 29.5 Å². The van der Waals surface area contributed by atoms with Crippen LogP contribution in [0, 0.1) is 66.8 Å². The number of nitro groups is 6. The minimum absolute atomic E-state index is 0.115. The zero-order valence-electron chi connectivity index (χ0n) is 21.9. The van der Waals surface area contributed by atoms with Crippen LogP contribution >= 0.6 is 58.0 Å². The van der Waals surface area contributed by atoms with Gasteiger partial charge in [0.25, 0.3) is 28.4 Å². The molecule has 0 saturated carbocycles. The first kappa shape index (κ1) is 34.6. The Morgan fingerprint density at radius 3 is 1.53 bits per heavy atom. The van der Waals surface area contributed by atoms with Crippen molar-refractivity contribution in [1.29, 1.82) is 0 Å². The highest BCUT2D eigenvalue weighted by molar-refractivity contribution is 6.46. The quantitative estimate of drug-likeness (QED) is 0.115. The van der Waals surface area contributed by atoms with E-state index in [-0.39, 0.29) is 11.6 Å². The Morgan fingerprint density at radius 1 is 0.511 bits per heavy atom. The van der Waals surface area contributed by atoms with Gasteiger partial charge in [-0.15, -0.1) is 0 Å². The SMILES string of the molecule is O=[N+]([O-])c1ccc(-c2c(Cl)c(-c3[c]c([N+](=O)[O-])c(-c4c([N+](=O)[O-])cc([N+](=O)[O-])c(Cl)c4Cl)c([N+](=O)[O-])c3Cl)cc(Cl)c2[N+](=O)[O-])cc1. The molecule has 18 nitrogen and oxygen atoms in total. The number of hydrogen-bond acceptors (Lipinski definition) is 12. The van der Waals surface area contributed by atoms with E-state index < -0.39 is 117 Å². The lowest BCUT2D eigenvalue weighted by Crippen LogP contribution is -2.05. The summed E-state index contributed by atoms with van der Waals surface area (Å²) in [5, 5.41) is 66.9. The molecule has 0 heterocycles. The molecule has 0 aliphatic rings. The molecule has 0 amide bonds. The van der Waals surface area contributed by atoms with Crippen LogP contribution in [0.15, 0.2) is 36.4 Å². The van der Waals surface area contributed by atoms with Crippen molar-refractivity contribution in [2.75, 3.05) is 0 Å². The van der Waals surface area contributed by atoms with Crippen LogP contribution in [0.4, 0.5) is 34.1 Å². The minimum Gasteiger partial charge on any atom is -0.258 e. The number of nitrogens with zero attached hydrogens (tertiary/aromatic N) is 6. The Balaban J connectivity index is 2.20. The number of rotatable bonds is 9. The van der Waals surface area contributed by atoms with E-state index in [1.165, 1.54) is 0 Å². The van der Waals surface area contributed by atoms with Gasteiger partial charge in [0.1, 0.15) is 20.6 Å². The monoisotopic (exact) mass is 745 g/mol. The predicted molar refractivity (Wildman–Crippen MR) is 167 cm³/mol. The Kier molecular flexibility index (Phi) is 9.46. The number of non-ortho nitro benzene ring substituents is 1. The van der Waals surface area contributed by atoms with Gasteiger partial charge in [-0.3, -0.25) is 60.7 Å². The second-order valence-corrected chi connectivity index (χ2v) is 10.8. The lowest BCUT2D eigenvalue weighted by atomic mass is 9.92. The molecular weight excluding hydrogens is 742 g/mol. The Bertz CT molecular complexity index is 2130. The first-order chi connectivity index (χ1) is 21.9. The van der Waals surface area contributed by atoms with Gasteiger partial charge >= 0.3 is 5.69 Å². The second kappa shape index (κ2) is 12.9. The van der Waals surface area contributed by atoms with Crippen molar-refractivity contribution in [2.24, 2.45) is 0 Å². The van der Waals surface area contributed by atoms with Crippen LogP contribution in [-0.2, 0) is 0 Å². The number of nitro benzene ring substituents is 6. The fourth-order valence-electron chi connectivity index (χ4n) is 4.41. The highest BCUT2D eigenvalue weighted by Crippen LogP contribution is 2.56. The van der Waals surface area contributed by atoms with Crippen LogP contribution < -0.4 is 0 Å². The summed E-state index contributed by atoms with van der Waals surface area (Å²) in [5.41, 5.74) is -10.6. The van der Waals surface area contributed by atoms with Gasteiger partial charge in [0.05, 0.1) is 62.8 Å². The molecule has 0 aliphatic heterocycles. The third-order valence-electron chi connectivity index (χ3n) is 6.33. The van der Waals surface area contributed by atoms with Gasteiger partial charge in [-0.2, -0.15) is 0 Å². The van der Waals surface area contributed by atoms with Gasteiger partial charge in [-0.25, -0.2) is 0 Å². The third kappa shape index (κ3) is 6.02. The van der Waals surface area contributed by atoms with E-state index >= 15 is 0 Å². The summed E-state index contributed by atoms with van der Waals surface area (Å²) in [6, 6.07) is 7.34. The van der Waals surface area contributed by atoms with Crippen LogP contribution in [0.3, 0.4) is 0 Å². The maximum atomic E-state index is 12.4. The number of hydrogen-bond donors (Lipinski definition) is 0. The van der Waals surface area contributed by atoms with Crippen molar-refractivity contribution < 1.29 is 29.5 Å². The molecule has 0 aliphatic carbocycles. The van der Waals surface area contributed by atoms with Gasteiger partial charge in [-0.1, -0.05) is 58.0 Å². The van der Waals surface area contributed by atoms with Crippen molar-refractivity contribution in [3.63, 3.8) is 0 Å². The maximum Gasteiger partial charge on any atom is 0.303 e. The van der Waals surface area contributed by atoms with E-state index in [1.54, 1.807) is 0 Å². The Morgan fingerprint density at radius 2 is 1.06 bits per heavy atom. The Labute approximate surface area is 282 Å². The van der Waals surface area contributed by atoms with E-state index in [1.807, 2.05) is 0 Å². The van der Waals surface area contributed by atoms with Crippen LogP contribution in [0.1, 0.15) is 0 Å². The summed E-state index contributed by atoms with van der Waals surface area (Å²) in [4.78, 5) is 64.5. The summed E-state index contributed by atoms with van der Waals surface area (Å²) < 4.78 is 0. The van der Waals surface area contributed by atoms with E-state index in [0.29, 0.717) is 0 Å². The molecule has 0 unspecified atom stereocenters. The Hall–Kier alpha value is -5.27. The molecule has 4 aromatic rings. The van der Waals surface area contributed by atoms with E-state index in [4.69, 9.17) is 58.0 Å². The van der Waals surface area contributed by atoms with Gasteiger partial charge < -0.3 is 0 Å². The summed E-state index contributed by atoms with van der Waals surface area (Å²) in [6.45, 7) is 0. The summed E-state index contributed by atoms with van der Waals surface area (Å²) in [7, 11) is 0. The molecule has 0 saturated heterocycles. The molecule has 0 atom stereocenters. The average Bonchev–Trinajstić information content (AvgIpc) is 2.98. The summed E-state index contributed by atoms with van der Waals surface area (Å²) >= 11 is 31.2. The third-order valence-corrected chi connectivity index (χ3v) is 8.23. The molecule has 0 fully saturated rings. The molecule has 4 aromatic carbocycles. The van der Waals surface area contributed by atoms with E-state index in [0.717, 1.165) is 30.3 Å². The molecule has 47 heavy (non-hydrogen) atoms. The highest BCUT2D eigenvalue weighted by Gasteiger charge is 2.41.